The molecule has 0 heterocycles. The van der Waals surface area contributed by atoms with Crippen molar-refractivity contribution in [3.8, 4) is 5.75 Å². The molecule has 0 aromatic heterocycles. The molecule has 0 saturated carbocycles. The lowest BCUT2D eigenvalue weighted by Crippen LogP contribution is -2.32. The van der Waals surface area contributed by atoms with Crippen molar-refractivity contribution in [1.29, 1.82) is 0 Å². The van der Waals surface area contributed by atoms with Gasteiger partial charge >= 0.3 is 0 Å². The van der Waals surface area contributed by atoms with E-state index in [1.165, 1.54) is 17.7 Å². The van der Waals surface area contributed by atoms with Gasteiger partial charge in [-0.1, -0.05) is 32.9 Å². The number of nitrogens with one attached hydrogen (secondary N) is 2. The molecule has 0 spiro atoms. The Kier molecular flexibility index (Phi) is 7.81. The molecule has 6 nitrogen and oxygen atoms in total. The second kappa shape index (κ2) is 9.89. The van der Waals surface area contributed by atoms with Gasteiger partial charge in [0.15, 0.2) is 6.10 Å². The highest BCUT2D eigenvalue weighted by atomic mass is 32.2. The fraction of sp³-hybridized carbons (Fsp3) is 0.409. The second-order valence-electron chi connectivity index (χ2n) is 7.43. The summed E-state index contributed by atoms with van der Waals surface area (Å²) in [6, 6.07) is 13.6. The molecule has 0 saturated heterocycles. The van der Waals surface area contributed by atoms with Crippen LogP contribution in [0.5, 0.6) is 5.75 Å². The third-order valence-electron chi connectivity index (χ3n) is 4.63. The fourth-order valence-corrected chi connectivity index (χ4v) is 3.89. The van der Waals surface area contributed by atoms with E-state index in [0.29, 0.717) is 23.8 Å². The van der Waals surface area contributed by atoms with E-state index in [0.717, 1.165) is 0 Å². The number of anilines is 1. The third kappa shape index (κ3) is 6.58. The molecule has 0 fully saturated rings. The van der Waals surface area contributed by atoms with E-state index in [9.17, 15) is 13.2 Å². The summed E-state index contributed by atoms with van der Waals surface area (Å²) >= 11 is 0. The Morgan fingerprint density at radius 1 is 0.966 bits per heavy atom. The molecular formula is C22H30N2O4S. The number of hydrogen-bond donors (Lipinski definition) is 2. The van der Waals surface area contributed by atoms with Gasteiger partial charge in [-0.15, -0.1) is 0 Å². The number of carbonyl (C=O) groups excluding carboxylic acids is 1. The van der Waals surface area contributed by atoms with Gasteiger partial charge in [-0.3, -0.25) is 4.79 Å². The van der Waals surface area contributed by atoms with Crippen LogP contribution in [0.2, 0.25) is 0 Å². The van der Waals surface area contributed by atoms with Gasteiger partial charge in [-0.25, -0.2) is 13.1 Å². The number of sulfonamides is 1. The second-order valence-corrected chi connectivity index (χ2v) is 9.14. The fourth-order valence-electron chi connectivity index (χ4n) is 2.57. The number of ether oxygens (including phenoxy) is 1. The molecule has 2 atom stereocenters. The van der Waals surface area contributed by atoms with Crippen molar-refractivity contribution in [2.45, 2.75) is 64.0 Å². The molecule has 0 radical (unpaired) electrons. The van der Waals surface area contributed by atoms with E-state index in [2.05, 4.69) is 23.9 Å². The molecule has 158 valence electrons. The van der Waals surface area contributed by atoms with Gasteiger partial charge in [0, 0.05) is 11.7 Å². The van der Waals surface area contributed by atoms with Crippen LogP contribution in [0.4, 0.5) is 5.69 Å². The van der Waals surface area contributed by atoms with Crippen LogP contribution in [-0.4, -0.2) is 26.5 Å². The van der Waals surface area contributed by atoms with Crippen LogP contribution in [0.25, 0.3) is 0 Å². The van der Waals surface area contributed by atoms with Crippen LogP contribution in [0, 0.1) is 0 Å². The van der Waals surface area contributed by atoms with E-state index in [1.54, 1.807) is 19.1 Å². The first-order chi connectivity index (χ1) is 13.6. The molecule has 2 aromatic carbocycles. The Morgan fingerprint density at radius 2 is 1.55 bits per heavy atom. The molecule has 2 N–H and O–H groups in total. The van der Waals surface area contributed by atoms with Crippen molar-refractivity contribution in [2.24, 2.45) is 0 Å². The van der Waals surface area contributed by atoms with E-state index >= 15 is 0 Å². The summed E-state index contributed by atoms with van der Waals surface area (Å²) in [5.41, 5.74) is 1.70. The van der Waals surface area contributed by atoms with Crippen molar-refractivity contribution in [1.82, 2.24) is 4.72 Å². The van der Waals surface area contributed by atoms with Gasteiger partial charge in [0.2, 0.25) is 10.0 Å². The Bertz CT molecular complexity index is 907. The lowest BCUT2D eigenvalue weighted by atomic mass is 10.0. The van der Waals surface area contributed by atoms with Crippen LogP contribution in [-0.2, 0) is 14.8 Å². The zero-order chi connectivity index (χ0) is 21.6. The Hall–Kier alpha value is -2.38. The van der Waals surface area contributed by atoms with Crippen molar-refractivity contribution in [2.75, 3.05) is 5.32 Å². The van der Waals surface area contributed by atoms with Crippen LogP contribution in [0.15, 0.2) is 53.4 Å². The summed E-state index contributed by atoms with van der Waals surface area (Å²) in [7, 11) is -3.57. The van der Waals surface area contributed by atoms with Gasteiger partial charge in [-0.05, 0) is 68.1 Å². The summed E-state index contributed by atoms with van der Waals surface area (Å²) in [4.78, 5) is 12.5. The average Bonchev–Trinajstić information content (AvgIpc) is 2.68. The van der Waals surface area contributed by atoms with Crippen LogP contribution in [0.1, 0.15) is 52.5 Å². The van der Waals surface area contributed by atoms with E-state index in [-0.39, 0.29) is 16.8 Å². The van der Waals surface area contributed by atoms with Gasteiger partial charge in [0.05, 0.1) is 4.90 Å². The molecule has 1 amide bonds. The summed E-state index contributed by atoms with van der Waals surface area (Å²) in [5.74, 6) is 0.734. The largest absolute Gasteiger partial charge is 0.481 e. The topological polar surface area (TPSA) is 84.5 Å². The summed E-state index contributed by atoms with van der Waals surface area (Å²) < 4.78 is 32.9. The number of amides is 1. The number of carbonyl (C=O) groups is 1. The van der Waals surface area contributed by atoms with Gasteiger partial charge < -0.3 is 10.1 Å². The molecule has 2 aromatic rings. The first-order valence-electron chi connectivity index (χ1n) is 9.82. The van der Waals surface area contributed by atoms with Gasteiger partial charge in [-0.2, -0.15) is 0 Å². The maximum absolute atomic E-state index is 12.4. The van der Waals surface area contributed by atoms with E-state index in [4.69, 9.17) is 4.74 Å². The van der Waals surface area contributed by atoms with E-state index < -0.39 is 16.1 Å². The highest BCUT2D eigenvalue weighted by Gasteiger charge is 2.18. The Balaban J connectivity index is 1.97. The molecule has 0 aliphatic carbocycles. The lowest BCUT2D eigenvalue weighted by Gasteiger charge is -2.16. The van der Waals surface area contributed by atoms with Crippen LogP contribution < -0.4 is 14.8 Å². The predicted molar refractivity (Wildman–Crippen MR) is 116 cm³/mol. The van der Waals surface area contributed by atoms with E-state index in [1.807, 2.05) is 38.1 Å². The third-order valence-corrected chi connectivity index (χ3v) is 6.24. The minimum atomic E-state index is -3.57. The highest BCUT2D eigenvalue weighted by Crippen LogP contribution is 2.20. The molecule has 0 aliphatic rings. The normalized spacial score (nSPS) is 13.7. The smallest absolute Gasteiger partial charge is 0.265 e. The monoisotopic (exact) mass is 418 g/mol. The van der Waals surface area contributed by atoms with Crippen LogP contribution in [0.3, 0.4) is 0 Å². The molecule has 29 heavy (non-hydrogen) atoms. The first-order valence-corrected chi connectivity index (χ1v) is 11.3. The quantitative estimate of drug-likeness (QED) is 0.636. The SMILES string of the molecule is CCC(C)NS(=O)(=O)c1ccc(NC(=O)C(C)Oc2ccc(C(C)C)cc2)cc1. The molecule has 2 rings (SSSR count). The van der Waals surface area contributed by atoms with Gasteiger partial charge in [0.25, 0.3) is 5.91 Å². The summed E-state index contributed by atoms with van der Waals surface area (Å²) in [6.07, 6.45) is 0.00113. The zero-order valence-electron chi connectivity index (χ0n) is 17.6. The Labute approximate surface area is 173 Å². The van der Waals surface area contributed by atoms with Gasteiger partial charge in [0.1, 0.15) is 5.75 Å². The van der Waals surface area contributed by atoms with Crippen LogP contribution >= 0.6 is 0 Å². The van der Waals surface area contributed by atoms with Crippen molar-refractivity contribution < 1.29 is 17.9 Å². The molecule has 0 aliphatic heterocycles. The minimum Gasteiger partial charge on any atom is -0.481 e. The Morgan fingerprint density at radius 3 is 2.07 bits per heavy atom. The summed E-state index contributed by atoms with van der Waals surface area (Å²) in [5, 5.41) is 2.74. The number of rotatable bonds is 9. The van der Waals surface area contributed by atoms with Crippen molar-refractivity contribution in [3.63, 3.8) is 0 Å². The zero-order valence-corrected chi connectivity index (χ0v) is 18.4. The lowest BCUT2D eigenvalue weighted by molar-refractivity contribution is -0.122. The molecule has 0 bridgehead atoms. The number of benzene rings is 2. The molecule has 7 heteroatoms. The highest BCUT2D eigenvalue weighted by molar-refractivity contribution is 7.89. The predicted octanol–water partition coefficient (Wildman–Crippen LogP) is 4.29. The summed E-state index contributed by atoms with van der Waals surface area (Å²) in [6.45, 7) is 9.62. The maximum Gasteiger partial charge on any atom is 0.265 e. The standard InChI is InChI=1S/C22H30N2O4S/c1-6-16(4)24-29(26,27)21-13-9-19(10-14-21)23-22(25)17(5)28-20-11-7-18(8-12-20)15(2)3/h7-17,24H,6H2,1-5H3,(H,23,25). The minimum absolute atomic E-state index is 0.146. The first kappa shape index (κ1) is 22.9. The molecule has 2 unspecified atom stereocenters. The average molecular weight is 419 g/mol. The van der Waals surface area contributed by atoms with Crippen molar-refractivity contribution in [3.05, 3.63) is 54.1 Å². The van der Waals surface area contributed by atoms with Crippen molar-refractivity contribution >= 4 is 21.6 Å². The maximum atomic E-state index is 12.4. The molecular weight excluding hydrogens is 388 g/mol. The number of hydrogen-bond acceptors (Lipinski definition) is 4.